The number of hydrogen-bond acceptors (Lipinski definition) is 4. The molecule has 0 radical (unpaired) electrons. The summed E-state index contributed by atoms with van der Waals surface area (Å²) in [7, 11) is -3.69. The van der Waals surface area contributed by atoms with Crippen molar-refractivity contribution in [3.63, 3.8) is 0 Å². The zero-order chi connectivity index (χ0) is 15.3. The summed E-state index contributed by atoms with van der Waals surface area (Å²) in [5.74, 6) is 6.16. The van der Waals surface area contributed by atoms with Crippen LogP contribution in [-0.2, 0) is 10.0 Å². The van der Waals surface area contributed by atoms with E-state index in [4.69, 9.17) is 5.11 Å². The third-order valence-electron chi connectivity index (χ3n) is 2.55. The minimum Gasteiger partial charge on any atom is -0.395 e. The number of benzene rings is 1. The lowest BCUT2D eigenvalue weighted by molar-refractivity contribution is 0.305. The lowest BCUT2D eigenvalue weighted by Gasteiger charge is -2.06. The maximum Gasteiger partial charge on any atom is 0.278 e. The van der Waals surface area contributed by atoms with E-state index in [-0.39, 0.29) is 11.6 Å². The molecule has 2 aromatic rings. The standard InChI is InChI=1S/C14H15N3O3S/c1-11-15-10-14(16-11)21(19,20)17-13-7-4-6-12(9-13)5-2-3-8-18/h4,6-7,9-10,17-18H,3,8H2,1H3,(H,15,16). The highest BCUT2D eigenvalue weighted by molar-refractivity contribution is 7.92. The van der Waals surface area contributed by atoms with Crippen LogP contribution in [0.1, 0.15) is 17.8 Å². The van der Waals surface area contributed by atoms with E-state index in [1.807, 2.05) is 0 Å². The van der Waals surface area contributed by atoms with Gasteiger partial charge in [0.05, 0.1) is 18.5 Å². The van der Waals surface area contributed by atoms with E-state index >= 15 is 0 Å². The number of aromatic nitrogens is 2. The van der Waals surface area contributed by atoms with Crippen LogP contribution in [0.3, 0.4) is 0 Å². The van der Waals surface area contributed by atoms with Crippen LogP contribution < -0.4 is 4.72 Å². The molecule has 0 aliphatic heterocycles. The number of aryl methyl sites for hydroxylation is 1. The average Bonchev–Trinajstić information content (AvgIpc) is 2.87. The Hall–Kier alpha value is -2.30. The minimum atomic E-state index is -3.69. The fraction of sp³-hybridized carbons (Fsp3) is 0.214. The number of aromatic amines is 1. The Balaban J connectivity index is 2.20. The second-order valence-corrected chi connectivity index (χ2v) is 5.95. The fourth-order valence-electron chi connectivity index (χ4n) is 1.63. The van der Waals surface area contributed by atoms with Crippen LogP contribution in [-0.4, -0.2) is 30.1 Å². The quantitative estimate of drug-likeness (QED) is 0.741. The first-order chi connectivity index (χ1) is 10.0. The molecular formula is C14H15N3O3S. The fourth-order valence-corrected chi connectivity index (χ4v) is 2.65. The predicted octanol–water partition coefficient (Wildman–Crippen LogP) is 1.25. The van der Waals surface area contributed by atoms with Gasteiger partial charge in [0.15, 0.2) is 5.03 Å². The highest BCUT2D eigenvalue weighted by Crippen LogP contribution is 2.15. The molecule has 0 unspecified atom stereocenters. The zero-order valence-electron chi connectivity index (χ0n) is 11.4. The Bertz CT molecular complexity index is 785. The number of aliphatic hydroxyl groups is 1. The second-order valence-electron chi connectivity index (χ2n) is 4.29. The SMILES string of the molecule is Cc1ncc(S(=O)(=O)Nc2cccc(C#CCCO)c2)[nH]1. The van der Waals surface area contributed by atoms with Crippen LogP contribution in [0.15, 0.2) is 35.5 Å². The van der Waals surface area contributed by atoms with E-state index in [1.165, 1.54) is 6.20 Å². The van der Waals surface area contributed by atoms with Crippen LogP contribution in [0.5, 0.6) is 0 Å². The molecule has 21 heavy (non-hydrogen) atoms. The van der Waals surface area contributed by atoms with Gasteiger partial charge in [-0.05, 0) is 25.1 Å². The van der Waals surface area contributed by atoms with Crippen LogP contribution in [0.25, 0.3) is 0 Å². The third-order valence-corrected chi connectivity index (χ3v) is 3.84. The lowest BCUT2D eigenvalue weighted by atomic mass is 10.2. The van der Waals surface area contributed by atoms with Crippen molar-refractivity contribution in [1.29, 1.82) is 0 Å². The van der Waals surface area contributed by atoms with Crippen molar-refractivity contribution in [3.05, 3.63) is 41.9 Å². The molecule has 0 saturated heterocycles. The highest BCUT2D eigenvalue weighted by Gasteiger charge is 2.16. The van der Waals surface area contributed by atoms with E-state index in [2.05, 4.69) is 26.5 Å². The summed E-state index contributed by atoms with van der Waals surface area (Å²) in [6.07, 6.45) is 1.64. The van der Waals surface area contributed by atoms with Gasteiger partial charge in [-0.3, -0.25) is 4.72 Å². The number of hydrogen-bond donors (Lipinski definition) is 3. The van der Waals surface area contributed by atoms with Crippen molar-refractivity contribution in [1.82, 2.24) is 9.97 Å². The largest absolute Gasteiger partial charge is 0.395 e. The van der Waals surface area contributed by atoms with Crippen LogP contribution in [0, 0.1) is 18.8 Å². The summed E-state index contributed by atoms with van der Waals surface area (Å²) in [6, 6.07) is 6.74. The third kappa shape index (κ3) is 4.08. The first kappa shape index (κ1) is 15.1. The number of nitrogens with one attached hydrogen (secondary N) is 2. The first-order valence-electron chi connectivity index (χ1n) is 6.25. The molecule has 6 nitrogen and oxygen atoms in total. The van der Waals surface area contributed by atoms with Gasteiger partial charge in [0.2, 0.25) is 0 Å². The van der Waals surface area contributed by atoms with Gasteiger partial charge in [-0.15, -0.1) is 0 Å². The van der Waals surface area contributed by atoms with E-state index in [0.717, 1.165) is 0 Å². The number of rotatable bonds is 4. The number of sulfonamides is 1. The number of nitrogens with zero attached hydrogens (tertiary/aromatic N) is 1. The van der Waals surface area contributed by atoms with E-state index in [0.29, 0.717) is 23.5 Å². The zero-order valence-corrected chi connectivity index (χ0v) is 12.2. The van der Waals surface area contributed by atoms with E-state index in [1.54, 1.807) is 31.2 Å². The normalized spacial score (nSPS) is 10.8. The second kappa shape index (κ2) is 6.43. The van der Waals surface area contributed by atoms with Crippen LogP contribution in [0.4, 0.5) is 5.69 Å². The Morgan fingerprint density at radius 1 is 1.43 bits per heavy atom. The maximum absolute atomic E-state index is 12.1. The monoisotopic (exact) mass is 305 g/mol. The van der Waals surface area contributed by atoms with Crippen molar-refractivity contribution >= 4 is 15.7 Å². The van der Waals surface area contributed by atoms with Crippen LogP contribution >= 0.6 is 0 Å². The van der Waals surface area contributed by atoms with Crippen molar-refractivity contribution < 1.29 is 13.5 Å². The average molecular weight is 305 g/mol. The highest BCUT2D eigenvalue weighted by atomic mass is 32.2. The van der Waals surface area contributed by atoms with Crippen molar-refractivity contribution in [2.45, 2.75) is 18.4 Å². The molecule has 1 aromatic heterocycles. The van der Waals surface area contributed by atoms with Gasteiger partial charge in [0.1, 0.15) is 5.82 Å². The summed E-state index contributed by atoms with van der Waals surface area (Å²) >= 11 is 0. The molecule has 0 amide bonds. The Kier molecular flexibility index (Phi) is 4.62. The summed E-state index contributed by atoms with van der Waals surface area (Å²) in [5, 5.41) is 8.69. The molecule has 7 heteroatoms. The smallest absolute Gasteiger partial charge is 0.278 e. The molecule has 0 saturated carbocycles. The van der Waals surface area contributed by atoms with Gasteiger partial charge in [-0.25, -0.2) is 4.98 Å². The molecule has 1 heterocycles. The molecule has 1 aromatic carbocycles. The maximum atomic E-state index is 12.1. The van der Waals surface area contributed by atoms with E-state index in [9.17, 15) is 8.42 Å². The molecule has 3 N–H and O–H groups in total. The minimum absolute atomic E-state index is 0.00149. The van der Waals surface area contributed by atoms with Gasteiger partial charge in [-0.1, -0.05) is 17.9 Å². The van der Waals surface area contributed by atoms with Gasteiger partial charge >= 0.3 is 0 Å². The Morgan fingerprint density at radius 2 is 2.24 bits per heavy atom. The van der Waals surface area contributed by atoms with Crippen molar-refractivity contribution in [2.24, 2.45) is 0 Å². The van der Waals surface area contributed by atoms with Gasteiger partial charge in [0, 0.05) is 12.0 Å². The summed E-state index contributed by atoms with van der Waals surface area (Å²) in [5.41, 5.74) is 1.09. The molecule has 110 valence electrons. The molecule has 0 fully saturated rings. The van der Waals surface area contributed by atoms with Crippen LogP contribution in [0.2, 0.25) is 0 Å². The summed E-state index contributed by atoms with van der Waals surface area (Å²) < 4.78 is 26.7. The number of aliphatic hydroxyl groups excluding tert-OH is 1. The van der Waals surface area contributed by atoms with E-state index < -0.39 is 10.0 Å². The van der Waals surface area contributed by atoms with Gasteiger partial charge in [-0.2, -0.15) is 8.42 Å². The molecule has 0 aliphatic rings. The van der Waals surface area contributed by atoms with Crippen molar-refractivity contribution in [2.75, 3.05) is 11.3 Å². The Morgan fingerprint density at radius 3 is 2.90 bits per heavy atom. The predicted molar refractivity (Wildman–Crippen MR) is 79.2 cm³/mol. The lowest BCUT2D eigenvalue weighted by Crippen LogP contribution is -2.13. The van der Waals surface area contributed by atoms with Gasteiger partial charge < -0.3 is 10.1 Å². The molecule has 2 rings (SSSR count). The number of imidazole rings is 1. The number of H-pyrrole nitrogens is 1. The molecule has 0 aliphatic carbocycles. The molecule has 0 bridgehead atoms. The molecule has 0 spiro atoms. The number of anilines is 1. The van der Waals surface area contributed by atoms with Crippen molar-refractivity contribution in [3.8, 4) is 11.8 Å². The summed E-state index contributed by atoms with van der Waals surface area (Å²) in [6.45, 7) is 1.68. The molecule has 0 atom stereocenters. The molecular weight excluding hydrogens is 290 g/mol. The first-order valence-corrected chi connectivity index (χ1v) is 7.74. The van der Waals surface area contributed by atoms with Gasteiger partial charge in [0.25, 0.3) is 10.0 Å². The topological polar surface area (TPSA) is 95.1 Å². The Labute approximate surface area is 123 Å². The summed E-state index contributed by atoms with van der Waals surface area (Å²) in [4.78, 5) is 6.55.